The van der Waals surface area contributed by atoms with Crippen LogP contribution in [0.15, 0.2) is 30.5 Å². The molecule has 0 saturated heterocycles. The lowest BCUT2D eigenvalue weighted by Crippen LogP contribution is -2.33. The number of fused-ring (bicyclic) bond motifs is 3. The minimum absolute atomic E-state index is 0.181. The Morgan fingerprint density at radius 1 is 1.14 bits per heavy atom. The summed E-state index contributed by atoms with van der Waals surface area (Å²) in [6.07, 6.45) is 4.44. The molecule has 7 nitrogen and oxygen atoms in total. The summed E-state index contributed by atoms with van der Waals surface area (Å²) in [4.78, 5) is 9.46. The monoisotopic (exact) mass is 393 g/mol. The molecule has 3 aromatic rings. The second-order valence-electron chi connectivity index (χ2n) is 8.16. The summed E-state index contributed by atoms with van der Waals surface area (Å²) in [6, 6.07) is 8.51. The van der Waals surface area contributed by atoms with E-state index in [1.807, 2.05) is 18.3 Å². The molecule has 1 fully saturated rings. The molecule has 5 rings (SSSR count). The largest absolute Gasteiger partial charge is 0.393 e. The Balaban J connectivity index is 1.60. The molecule has 29 heavy (non-hydrogen) atoms. The van der Waals surface area contributed by atoms with E-state index in [-0.39, 0.29) is 12.1 Å². The minimum Gasteiger partial charge on any atom is -0.393 e. The highest BCUT2D eigenvalue weighted by atomic mass is 16.3. The maximum absolute atomic E-state index is 10.7. The molecule has 1 aromatic carbocycles. The number of rotatable bonds is 3. The van der Waals surface area contributed by atoms with Crippen LogP contribution >= 0.6 is 0 Å². The molecule has 0 amide bonds. The predicted molar refractivity (Wildman–Crippen MR) is 113 cm³/mol. The molecule has 0 radical (unpaired) electrons. The number of anilines is 1. The highest BCUT2D eigenvalue weighted by molar-refractivity contribution is 5.97. The number of nitrogens with zero attached hydrogens (tertiary/aromatic N) is 3. The van der Waals surface area contributed by atoms with Crippen LogP contribution < -0.4 is 10.6 Å². The minimum atomic E-state index is -0.733. The van der Waals surface area contributed by atoms with Crippen LogP contribution in [0, 0.1) is 6.92 Å². The molecule has 1 atom stereocenters. The van der Waals surface area contributed by atoms with Crippen molar-refractivity contribution in [1.82, 2.24) is 19.9 Å². The van der Waals surface area contributed by atoms with Crippen molar-refractivity contribution in [2.45, 2.75) is 57.5 Å². The Morgan fingerprint density at radius 3 is 2.72 bits per heavy atom. The van der Waals surface area contributed by atoms with Gasteiger partial charge in [-0.2, -0.15) is 4.98 Å². The van der Waals surface area contributed by atoms with E-state index < -0.39 is 6.23 Å². The van der Waals surface area contributed by atoms with Gasteiger partial charge in [0.05, 0.1) is 11.8 Å². The average molecular weight is 393 g/mol. The predicted octanol–water partition coefficient (Wildman–Crippen LogP) is 2.72. The van der Waals surface area contributed by atoms with Crippen LogP contribution in [-0.2, 0) is 6.54 Å². The maximum atomic E-state index is 10.7. The Labute approximate surface area is 169 Å². The number of aliphatic hydroxyl groups is 2. The number of aryl methyl sites for hydroxylation is 1. The standard InChI is InChI=1S/C22H27N5O2/c1-13-4-2-3-5-16(13)18-17-12-24-22(25-14-6-8-15(28)9-7-14)26-20(17)27-11-10-23-21(29)19(18)27/h2-5,12,14-15,21,23,28-29H,6-11H2,1H3,(H,24,25,26)/t14-,15-,21?. The van der Waals surface area contributed by atoms with Crippen molar-refractivity contribution in [2.75, 3.05) is 11.9 Å². The van der Waals surface area contributed by atoms with E-state index in [9.17, 15) is 10.2 Å². The van der Waals surface area contributed by atoms with Gasteiger partial charge in [-0.25, -0.2) is 4.98 Å². The quantitative estimate of drug-likeness (QED) is 0.547. The Morgan fingerprint density at radius 2 is 1.93 bits per heavy atom. The van der Waals surface area contributed by atoms with E-state index in [0.717, 1.165) is 65.6 Å². The van der Waals surface area contributed by atoms with E-state index in [4.69, 9.17) is 4.98 Å². The molecule has 0 spiro atoms. The van der Waals surface area contributed by atoms with Crippen molar-refractivity contribution in [1.29, 1.82) is 0 Å². The molecule has 1 aliphatic carbocycles. The van der Waals surface area contributed by atoms with Crippen molar-refractivity contribution in [3.63, 3.8) is 0 Å². The molecule has 1 saturated carbocycles. The van der Waals surface area contributed by atoms with Crippen LogP contribution in [0.1, 0.15) is 43.2 Å². The van der Waals surface area contributed by atoms with Gasteiger partial charge in [-0.3, -0.25) is 5.32 Å². The van der Waals surface area contributed by atoms with Crippen molar-refractivity contribution >= 4 is 17.0 Å². The van der Waals surface area contributed by atoms with Gasteiger partial charge in [-0.1, -0.05) is 24.3 Å². The third-order valence-corrected chi connectivity index (χ3v) is 6.22. The second kappa shape index (κ2) is 7.40. The van der Waals surface area contributed by atoms with E-state index in [0.29, 0.717) is 12.5 Å². The summed E-state index contributed by atoms with van der Waals surface area (Å²) in [5.74, 6) is 0.614. The lowest BCUT2D eigenvalue weighted by atomic mass is 9.93. The highest BCUT2D eigenvalue weighted by Crippen LogP contribution is 2.39. The van der Waals surface area contributed by atoms with Crippen molar-refractivity contribution < 1.29 is 10.2 Å². The summed E-state index contributed by atoms with van der Waals surface area (Å²) in [6.45, 7) is 3.53. The second-order valence-corrected chi connectivity index (χ2v) is 8.16. The van der Waals surface area contributed by atoms with Gasteiger partial charge in [0.2, 0.25) is 5.95 Å². The first-order valence-corrected chi connectivity index (χ1v) is 10.4. The molecule has 4 N–H and O–H groups in total. The highest BCUT2D eigenvalue weighted by Gasteiger charge is 2.29. The first-order valence-electron chi connectivity index (χ1n) is 10.4. The van der Waals surface area contributed by atoms with E-state index in [1.54, 1.807) is 0 Å². The van der Waals surface area contributed by atoms with Crippen LogP contribution in [0.3, 0.4) is 0 Å². The third-order valence-electron chi connectivity index (χ3n) is 6.22. The molecular weight excluding hydrogens is 366 g/mol. The van der Waals surface area contributed by atoms with Crippen molar-refractivity contribution in [3.05, 3.63) is 41.7 Å². The summed E-state index contributed by atoms with van der Waals surface area (Å²) >= 11 is 0. The van der Waals surface area contributed by atoms with Crippen LogP contribution in [0.4, 0.5) is 5.95 Å². The fraction of sp³-hybridized carbons (Fsp3) is 0.455. The van der Waals surface area contributed by atoms with Gasteiger partial charge >= 0.3 is 0 Å². The molecule has 1 unspecified atom stereocenters. The molecular formula is C22H27N5O2. The van der Waals surface area contributed by atoms with E-state index in [1.165, 1.54) is 0 Å². The summed E-state index contributed by atoms with van der Waals surface area (Å²) in [5, 5.41) is 28.0. The van der Waals surface area contributed by atoms with Gasteiger partial charge < -0.3 is 20.1 Å². The van der Waals surface area contributed by atoms with Gasteiger partial charge in [-0.05, 0) is 43.7 Å². The zero-order valence-electron chi connectivity index (χ0n) is 16.6. The molecule has 0 bridgehead atoms. The van der Waals surface area contributed by atoms with Crippen molar-refractivity contribution in [2.24, 2.45) is 0 Å². The number of hydrogen-bond donors (Lipinski definition) is 4. The topological polar surface area (TPSA) is 95.2 Å². The lowest BCUT2D eigenvalue weighted by Gasteiger charge is -2.26. The van der Waals surface area contributed by atoms with Gasteiger partial charge in [0.15, 0.2) is 0 Å². The fourth-order valence-electron chi connectivity index (χ4n) is 4.67. The van der Waals surface area contributed by atoms with Crippen LogP contribution in [-0.4, -0.2) is 43.4 Å². The number of aromatic nitrogens is 3. The average Bonchev–Trinajstić information content (AvgIpc) is 3.05. The van der Waals surface area contributed by atoms with Crippen LogP contribution in [0.25, 0.3) is 22.2 Å². The molecule has 3 heterocycles. The fourth-order valence-corrected chi connectivity index (χ4v) is 4.67. The molecule has 2 aliphatic rings. The Hall–Kier alpha value is -2.48. The normalized spacial score (nSPS) is 24.4. The number of benzene rings is 1. The Bertz CT molecular complexity index is 1040. The smallest absolute Gasteiger partial charge is 0.224 e. The third kappa shape index (κ3) is 3.29. The SMILES string of the molecule is Cc1ccccc1-c1c2n(c3nc(N[C@H]4CC[C@H](O)CC4)ncc13)CCNC2O. The van der Waals surface area contributed by atoms with E-state index >= 15 is 0 Å². The summed E-state index contributed by atoms with van der Waals surface area (Å²) in [7, 11) is 0. The summed E-state index contributed by atoms with van der Waals surface area (Å²) < 4.78 is 2.12. The zero-order valence-corrected chi connectivity index (χ0v) is 16.6. The zero-order chi connectivity index (χ0) is 20.0. The molecule has 2 aromatic heterocycles. The Kier molecular flexibility index (Phi) is 4.73. The number of nitrogens with one attached hydrogen (secondary N) is 2. The summed E-state index contributed by atoms with van der Waals surface area (Å²) in [5.41, 5.74) is 4.97. The van der Waals surface area contributed by atoms with Gasteiger partial charge in [0, 0.05) is 36.3 Å². The van der Waals surface area contributed by atoms with E-state index in [2.05, 4.69) is 39.2 Å². The lowest BCUT2D eigenvalue weighted by molar-refractivity contribution is 0.117. The number of hydrogen-bond acceptors (Lipinski definition) is 6. The van der Waals surface area contributed by atoms with Crippen LogP contribution in [0.2, 0.25) is 0 Å². The van der Waals surface area contributed by atoms with Gasteiger partial charge in [-0.15, -0.1) is 0 Å². The van der Waals surface area contributed by atoms with Gasteiger partial charge in [0.25, 0.3) is 0 Å². The molecule has 7 heteroatoms. The first-order chi connectivity index (χ1) is 14.1. The van der Waals surface area contributed by atoms with Crippen LogP contribution in [0.5, 0.6) is 0 Å². The molecule has 1 aliphatic heterocycles. The maximum Gasteiger partial charge on any atom is 0.224 e. The molecule has 152 valence electrons. The van der Waals surface area contributed by atoms with Gasteiger partial charge in [0.1, 0.15) is 11.9 Å². The number of aliphatic hydroxyl groups excluding tert-OH is 2. The van der Waals surface area contributed by atoms with Crippen molar-refractivity contribution in [3.8, 4) is 11.1 Å². The first kappa shape index (κ1) is 18.5.